The first-order valence-electron chi connectivity index (χ1n) is 5.80. The maximum absolute atomic E-state index is 10.7. The van der Waals surface area contributed by atoms with Crippen molar-refractivity contribution in [2.24, 2.45) is 0 Å². The third kappa shape index (κ3) is 2.87. The lowest BCUT2D eigenvalue weighted by atomic mass is 10.1. The fraction of sp³-hybridized carbons (Fsp3) is 0.500. The third-order valence-electron chi connectivity index (χ3n) is 2.95. The van der Waals surface area contributed by atoms with Crippen LogP contribution in [0.15, 0.2) is 18.2 Å². The molecule has 18 heavy (non-hydrogen) atoms. The van der Waals surface area contributed by atoms with Crippen molar-refractivity contribution in [3.63, 3.8) is 0 Å². The Labute approximate surface area is 110 Å². The molecule has 1 aliphatic rings. The van der Waals surface area contributed by atoms with Gasteiger partial charge < -0.3 is 10.1 Å². The summed E-state index contributed by atoms with van der Waals surface area (Å²) in [4.78, 5) is 10.3. The van der Waals surface area contributed by atoms with Crippen LogP contribution < -0.4 is 10.1 Å². The van der Waals surface area contributed by atoms with Gasteiger partial charge in [-0.25, -0.2) is 0 Å². The van der Waals surface area contributed by atoms with Crippen LogP contribution in [-0.4, -0.2) is 29.1 Å². The fourth-order valence-corrected chi connectivity index (χ4v) is 3.20. The van der Waals surface area contributed by atoms with Crippen molar-refractivity contribution >= 4 is 23.1 Å². The van der Waals surface area contributed by atoms with Gasteiger partial charge in [-0.2, -0.15) is 11.8 Å². The molecule has 0 bridgehead atoms. The molecular formula is C12H16N2O3S. The normalized spacial score (nSPS) is 22.8. The third-order valence-corrected chi connectivity index (χ3v) is 4.31. The predicted octanol–water partition coefficient (Wildman–Crippen LogP) is 2.91. The predicted molar refractivity (Wildman–Crippen MR) is 73.6 cm³/mol. The van der Waals surface area contributed by atoms with Crippen molar-refractivity contribution in [1.29, 1.82) is 0 Å². The van der Waals surface area contributed by atoms with Gasteiger partial charge >= 0.3 is 0 Å². The number of thioether (sulfide) groups is 1. The van der Waals surface area contributed by atoms with Gasteiger partial charge in [-0.3, -0.25) is 10.1 Å². The molecule has 0 aromatic heterocycles. The molecule has 1 aromatic rings. The minimum absolute atomic E-state index is 0.0477. The summed E-state index contributed by atoms with van der Waals surface area (Å²) in [5.41, 5.74) is 0.870. The first-order chi connectivity index (χ1) is 8.60. The van der Waals surface area contributed by atoms with Gasteiger partial charge in [0.05, 0.1) is 23.8 Å². The second-order valence-corrected chi connectivity index (χ2v) is 5.83. The van der Waals surface area contributed by atoms with Crippen LogP contribution in [0.5, 0.6) is 5.75 Å². The van der Waals surface area contributed by atoms with E-state index in [1.165, 1.54) is 19.2 Å². The molecule has 0 aliphatic carbocycles. The first-order valence-corrected chi connectivity index (χ1v) is 6.85. The lowest BCUT2D eigenvalue weighted by molar-refractivity contribution is -0.384. The first kappa shape index (κ1) is 13.0. The molecule has 2 atom stereocenters. The molecule has 1 aliphatic heterocycles. The van der Waals surface area contributed by atoms with E-state index in [9.17, 15) is 10.1 Å². The molecule has 1 aromatic carbocycles. The van der Waals surface area contributed by atoms with E-state index in [0.717, 1.165) is 17.9 Å². The Morgan fingerprint density at radius 3 is 2.89 bits per heavy atom. The molecule has 0 spiro atoms. The van der Waals surface area contributed by atoms with Crippen molar-refractivity contribution < 1.29 is 9.66 Å². The SMILES string of the molecule is COc1cc([N+](=O)[O-])ccc1NC1CSC(C)C1. The number of nitro groups is 1. The van der Waals surface area contributed by atoms with Crippen LogP contribution in [0, 0.1) is 10.1 Å². The number of nitrogens with one attached hydrogen (secondary N) is 1. The Morgan fingerprint density at radius 2 is 2.33 bits per heavy atom. The van der Waals surface area contributed by atoms with E-state index in [0.29, 0.717) is 17.0 Å². The smallest absolute Gasteiger partial charge is 0.273 e. The molecular weight excluding hydrogens is 252 g/mol. The number of hydrogen-bond donors (Lipinski definition) is 1. The maximum atomic E-state index is 10.7. The van der Waals surface area contributed by atoms with E-state index in [-0.39, 0.29) is 5.69 Å². The van der Waals surface area contributed by atoms with Crippen LogP contribution in [0.3, 0.4) is 0 Å². The summed E-state index contributed by atoms with van der Waals surface area (Å²) >= 11 is 1.93. The molecule has 0 amide bonds. The molecule has 1 saturated heterocycles. The van der Waals surface area contributed by atoms with Crippen molar-refractivity contribution in [2.45, 2.75) is 24.6 Å². The molecule has 1 heterocycles. The molecule has 6 heteroatoms. The number of benzene rings is 1. The summed E-state index contributed by atoms with van der Waals surface area (Å²) in [5.74, 6) is 1.58. The molecule has 1 N–H and O–H groups in total. The zero-order valence-electron chi connectivity index (χ0n) is 10.4. The Kier molecular flexibility index (Phi) is 3.96. The van der Waals surface area contributed by atoms with E-state index in [1.807, 2.05) is 11.8 Å². The van der Waals surface area contributed by atoms with Gasteiger partial charge in [-0.1, -0.05) is 6.92 Å². The van der Waals surface area contributed by atoms with Crippen molar-refractivity contribution in [1.82, 2.24) is 0 Å². The Morgan fingerprint density at radius 1 is 1.56 bits per heavy atom. The monoisotopic (exact) mass is 268 g/mol. The van der Waals surface area contributed by atoms with E-state index in [2.05, 4.69) is 12.2 Å². The Bertz CT molecular complexity index is 453. The van der Waals surface area contributed by atoms with E-state index in [4.69, 9.17) is 4.74 Å². The van der Waals surface area contributed by atoms with Crippen LogP contribution in [0.4, 0.5) is 11.4 Å². The zero-order chi connectivity index (χ0) is 13.1. The van der Waals surface area contributed by atoms with Crippen LogP contribution in [-0.2, 0) is 0 Å². The van der Waals surface area contributed by atoms with E-state index < -0.39 is 4.92 Å². The van der Waals surface area contributed by atoms with Crippen molar-refractivity contribution in [2.75, 3.05) is 18.2 Å². The molecule has 2 unspecified atom stereocenters. The molecule has 0 saturated carbocycles. The second-order valence-electron chi connectivity index (χ2n) is 4.36. The van der Waals surface area contributed by atoms with E-state index in [1.54, 1.807) is 6.07 Å². The van der Waals surface area contributed by atoms with Crippen molar-refractivity contribution in [3.8, 4) is 5.75 Å². The van der Waals surface area contributed by atoms with Gasteiger partial charge in [0.15, 0.2) is 0 Å². The molecule has 0 radical (unpaired) electrons. The average molecular weight is 268 g/mol. The summed E-state index contributed by atoms with van der Waals surface area (Å²) in [7, 11) is 1.52. The summed E-state index contributed by atoms with van der Waals surface area (Å²) < 4.78 is 5.20. The topological polar surface area (TPSA) is 64.4 Å². The van der Waals surface area contributed by atoms with Crippen LogP contribution in [0.1, 0.15) is 13.3 Å². The zero-order valence-corrected chi connectivity index (χ0v) is 11.2. The molecule has 2 rings (SSSR count). The summed E-state index contributed by atoms with van der Waals surface area (Å²) in [6.07, 6.45) is 1.10. The number of non-ortho nitro benzene ring substituents is 1. The van der Waals surface area contributed by atoms with E-state index >= 15 is 0 Å². The lowest BCUT2D eigenvalue weighted by Crippen LogP contribution is -2.19. The van der Waals surface area contributed by atoms with Crippen LogP contribution in [0.25, 0.3) is 0 Å². The molecule has 5 nitrogen and oxygen atoms in total. The number of hydrogen-bond acceptors (Lipinski definition) is 5. The standard InChI is InChI=1S/C12H16N2O3S/c1-8-5-9(7-18-8)13-11-4-3-10(14(15)16)6-12(11)17-2/h3-4,6,8-9,13H,5,7H2,1-2H3. The minimum atomic E-state index is -0.417. The highest BCUT2D eigenvalue weighted by molar-refractivity contribution is 8.00. The summed E-state index contributed by atoms with van der Waals surface area (Å²) in [5, 5.41) is 14.7. The van der Waals surface area contributed by atoms with Gasteiger partial charge in [0.1, 0.15) is 5.75 Å². The second kappa shape index (κ2) is 5.48. The van der Waals surface area contributed by atoms with Crippen LogP contribution >= 0.6 is 11.8 Å². The van der Waals surface area contributed by atoms with Gasteiger partial charge in [0.2, 0.25) is 0 Å². The quantitative estimate of drug-likeness (QED) is 0.672. The minimum Gasteiger partial charge on any atom is -0.494 e. The number of anilines is 1. The number of nitrogens with zero attached hydrogens (tertiary/aromatic N) is 1. The van der Waals surface area contributed by atoms with Gasteiger partial charge in [0, 0.05) is 23.1 Å². The summed E-state index contributed by atoms with van der Waals surface area (Å²) in [6, 6.07) is 5.06. The highest BCUT2D eigenvalue weighted by Gasteiger charge is 2.23. The van der Waals surface area contributed by atoms with Crippen molar-refractivity contribution in [3.05, 3.63) is 28.3 Å². The van der Waals surface area contributed by atoms with Gasteiger partial charge in [0.25, 0.3) is 5.69 Å². The van der Waals surface area contributed by atoms with Gasteiger partial charge in [-0.15, -0.1) is 0 Å². The molecule has 1 fully saturated rings. The number of rotatable bonds is 4. The Hall–Kier alpha value is -1.43. The largest absolute Gasteiger partial charge is 0.494 e. The number of nitro benzene ring substituents is 1. The fourth-order valence-electron chi connectivity index (χ4n) is 2.05. The highest BCUT2D eigenvalue weighted by Crippen LogP contribution is 2.33. The van der Waals surface area contributed by atoms with Gasteiger partial charge in [-0.05, 0) is 12.5 Å². The molecule has 98 valence electrons. The maximum Gasteiger partial charge on any atom is 0.273 e. The number of methoxy groups -OCH3 is 1. The average Bonchev–Trinajstić information content (AvgIpc) is 2.75. The Balaban J connectivity index is 2.14. The van der Waals surface area contributed by atoms with Crippen LogP contribution in [0.2, 0.25) is 0 Å². The summed E-state index contributed by atoms with van der Waals surface area (Å²) in [6.45, 7) is 2.21. The lowest BCUT2D eigenvalue weighted by Gasteiger charge is -2.15. The number of ether oxygens (including phenoxy) is 1. The highest BCUT2D eigenvalue weighted by atomic mass is 32.2.